The number of amides is 1. The average Bonchev–Trinajstić information content (AvgIpc) is 2.36. The molecular weight excluding hydrogens is 250 g/mol. The van der Waals surface area contributed by atoms with Crippen LogP contribution >= 0.6 is 0 Å². The van der Waals surface area contributed by atoms with Gasteiger partial charge >= 0.3 is 5.97 Å². The number of hydrogen-bond donors (Lipinski definition) is 3. The summed E-state index contributed by atoms with van der Waals surface area (Å²) in [4.78, 5) is 22.0. The van der Waals surface area contributed by atoms with Crippen molar-refractivity contribution in [2.45, 2.75) is 25.6 Å². The van der Waals surface area contributed by atoms with Crippen molar-refractivity contribution in [1.29, 1.82) is 0 Å². The molecule has 104 valence electrons. The largest absolute Gasteiger partial charge is 0.465 e. The van der Waals surface area contributed by atoms with E-state index in [4.69, 9.17) is 5.73 Å². The van der Waals surface area contributed by atoms with Crippen LogP contribution in [-0.2, 0) is 9.53 Å². The van der Waals surface area contributed by atoms with Crippen LogP contribution in [0.1, 0.15) is 34.0 Å². The highest BCUT2D eigenvalue weighted by Crippen LogP contribution is 2.23. The minimum atomic E-state index is -1.28. The summed E-state index contributed by atoms with van der Waals surface area (Å²) in [6.07, 6.45) is -2.85. The Balaban J connectivity index is 2.95. The van der Waals surface area contributed by atoms with E-state index >= 15 is 0 Å². The molecular formula is C13H17NO5. The third-order valence-corrected chi connectivity index (χ3v) is 2.78. The summed E-state index contributed by atoms with van der Waals surface area (Å²) in [7, 11) is 1.27. The van der Waals surface area contributed by atoms with Gasteiger partial charge in [-0.25, -0.2) is 4.79 Å². The molecule has 0 spiro atoms. The first kappa shape index (κ1) is 15.1. The van der Waals surface area contributed by atoms with Crippen molar-refractivity contribution in [3.63, 3.8) is 0 Å². The van der Waals surface area contributed by atoms with Gasteiger partial charge in [0.25, 0.3) is 0 Å². The summed E-state index contributed by atoms with van der Waals surface area (Å²) in [6.45, 7) is 1.68. The second kappa shape index (κ2) is 6.31. The second-order valence-electron chi connectivity index (χ2n) is 4.25. The van der Waals surface area contributed by atoms with E-state index in [2.05, 4.69) is 4.74 Å². The van der Waals surface area contributed by atoms with Gasteiger partial charge in [0, 0.05) is 0 Å². The van der Waals surface area contributed by atoms with Crippen molar-refractivity contribution in [2.75, 3.05) is 7.11 Å². The highest BCUT2D eigenvalue weighted by Gasteiger charge is 2.22. The van der Waals surface area contributed by atoms with E-state index in [9.17, 15) is 19.8 Å². The van der Waals surface area contributed by atoms with Crippen LogP contribution in [0.5, 0.6) is 0 Å². The lowest BCUT2D eigenvalue weighted by atomic mass is 9.96. The molecule has 6 nitrogen and oxygen atoms in total. The monoisotopic (exact) mass is 267 g/mol. The van der Waals surface area contributed by atoms with Gasteiger partial charge in [-0.05, 0) is 30.2 Å². The molecule has 1 rings (SSSR count). The molecule has 0 fully saturated rings. The van der Waals surface area contributed by atoms with Gasteiger partial charge in [-0.3, -0.25) is 4.79 Å². The molecule has 2 atom stereocenters. The molecule has 19 heavy (non-hydrogen) atoms. The van der Waals surface area contributed by atoms with Crippen molar-refractivity contribution >= 4 is 11.9 Å². The zero-order valence-electron chi connectivity index (χ0n) is 10.8. The number of nitrogens with two attached hydrogens (primary N) is 1. The minimum absolute atomic E-state index is 0.334. The zero-order chi connectivity index (χ0) is 14.6. The van der Waals surface area contributed by atoms with Gasteiger partial charge in [0.15, 0.2) is 0 Å². The normalized spacial score (nSPS) is 13.7. The first-order valence-corrected chi connectivity index (χ1v) is 5.70. The summed E-state index contributed by atoms with van der Waals surface area (Å²) < 4.78 is 4.58. The standard InChI is InChI=1S/C13H17NO5/c1-7-5-8(13(18)19-2)3-4-9(7)12(17)10(15)6-11(14)16/h3-5,10,12,15,17H,6H2,1-2H3,(H2,14,16). The summed E-state index contributed by atoms with van der Waals surface area (Å²) in [5.74, 6) is -1.18. The van der Waals surface area contributed by atoms with Gasteiger partial charge in [0.05, 0.1) is 25.2 Å². The lowest BCUT2D eigenvalue weighted by Gasteiger charge is -2.19. The Bertz CT molecular complexity index is 486. The molecule has 0 heterocycles. The molecule has 0 aliphatic carbocycles. The Morgan fingerprint density at radius 1 is 1.37 bits per heavy atom. The Hall–Kier alpha value is -1.92. The molecule has 0 saturated carbocycles. The fourth-order valence-electron chi connectivity index (χ4n) is 1.78. The van der Waals surface area contributed by atoms with Crippen molar-refractivity contribution < 1.29 is 24.5 Å². The summed E-state index contributed by atoms with van der Waals surface area (Å²) in [5, 5.41) is 19.6. The lowest BCUT2D eigenvalue weighted by Crippen LogP contribution is -2.26. The fraction of sp³-hybridized carbons (Fsp3) is 0.385. The average molecular weight is 267 g/mol. The number of hydrogen-bond acceptors (Lipinski definition) is 5. The van der Waals surface area contributed by atoms with E-state index in [1.807, 2.05) is 0 Å². The maximum Gasteiger partial charge on any atom is 0.337 e. The number of methoxy groups -OCH3 is 1. The quantitative estimate of drug-likeness (QED) is 0.653. The Morgan fingerprint density at radius 3 is 2.47 bits per heavy atom. The van der Waals surface area contributed by atoms with E-state index in [0.717, 1.165) is 0 Å². The molecule has 0 aliphatic rings. The van der Waals surface area contributed by atoms with Gasteiger partial charge in [-0.1, -0.05) is 6.07 Å². The topological polar surface area (TPSA) is 110 Å². The molecule has 0 aliphatic heterocycles. The Labute approximate surface area is 110 Å². The zero-order valence-corrected chi connectivity index (χ0v) is 10.8. The predicted octanol–water partition coefficient (Wildman–Crippen LogP) is 0.0513. The number of ether oxygens (including phenoxy) is 1. The van der Waals surface area contributed by atoms with Crippen molar-refractivity contribution in [1.82, 2.24) is 0 Å². The van der Waals surface area contributed by atoms with Crippen LogP contribution in [0, 0.1) is 6.92 Å². The molecule has 0 aromatic heterocycles. The van der Waals surface area contributed by atoms with Crippen molar-refractivity contribution in [2.24, 2.45) is 5.73 Å². The van der Waals surface area contributed by atoms with Gasteiger partial charge < -0.3 is 20.7 Å². The number of aliphatic hydroxyl groups excluding tert-OH is 2. The van der Waals surface area contributed by atoms with Crippen molar-refractivity contribution in [3.05, 3.63) is 34.9 Å². The number of carbonyl (C=O) groups is 2. The Morgan fingerprint density at radius 2 is 2.00 bits per heavy atom. The molecule has 0 radical (unpaired) electrons. The summed E-state index contributed by atoms with van der Waals surface area (Å²) in [6, 6.07) is 4.53. The van der Waals surface area contributed by atoms with Gasteiger partial charge in [0.2, 0.25) is 5.91 Å². The van der Waals surface area contributed by atoms with Crippen LogP contribution < -0.4 is 5.73 Å². The molecule has 1 aromatic rings. The number of aliphatic hydroxyl groups is 2. The molecule has 0 bridgehead atoms. The maximum atomic E-state index is 11.3. The highest BCUT2D eigenvalue weighted by molar-refractivity contribution is 5.89. The molecule has 2 unspecified atom stereocenters. The van der Waals surface area contributed by atoms with E-state index in [-0.39, 0.29) is 6.42 Å². The molecule has 0 saturated heterocycles. The molecule has 4 N–H and O–H groups in total. The molecule has 1 aromatic carbocycles. The third-order valence-electron chi connectivity index (χ3n) is 2.78. The van der Waals surface area contributed by atoms with Crippen LogP contribution in [0.15, 0.2) is 18.2 Å². The molecule has 6 heteroatoms. The number of primary amides is 1. The summed E-state index contributed by atoms with van der Waals surface area (Å²) in [5.41, 5.74) is 6.35. The van der Waals surface area contributed by atoms with Crippen molar-refractivity contribution in [3.8, 4) is 0 Å². The fourth-order valence-corrected chi connectivity index (χ4v) is 1.78. The predicted molar refractivity (Wildman–Crippen MR) is 67.3 cm³/mol. The number of benzene rings is 1. The van der Waals surface area contributed by atoms with Crippen LogP contribution in [0.2, 0.25) is 0 Å². The van der Waals surface area contributed by atoms with Crippen LogP contribution in [0.3, 0.4) is 0 Å². The SMILES string of the molecule is COC(=O)c1ccc(C(O)C(O)CC(N)=O)c(C)c1. The van der Waals surface area contributed by atoms with Gasteiger partial charge in [-0.2, -0.15) is 0 Å². The number of aryl methyl sites for hydroxylation is 1. The number of rotatable bonds is 5. The summed E-state index contributed by atoms with van der Waals surface area (Å²) >= 11 is 0. The second-order valence-corrected chi connectivity index (χ2v) is 4.25. The van der Waals surface area contributed by atoms with Gasteiger partial charge in [0.1, 0.15) is 6.10 Å². The van der Waals surface area contributed by atoms with E-state index in [1.54, 1.807) is 13.0 Å². The first-order chi connectivity index (χ1) is 8.86. The van der Waals surface area contributed by atoms with E-state index < -0.39 is 24.1 Å². The Kier molecular flexibility index (Phi) is 5.02. The van der Waals surface area contributed by atoms with E-state index in [0.29, 0.717) is 16.7 Å². The van der Waals surface area contributed by atoms with E-state index in [1.165, 1.54) is 19.2 Å². The number of esters is 1. The number of carbonyl (C=O) groups excluding carboxylic acids is 2. The smallest absolute Gasteiger partial charge is 0.337 e. The lowest BCUT2D eigenvalue weighted by molar-refractivity contribution is -0.121. The van der Waals surface area contributed by atoms with Crippen LogP contribution in [0.25, 0.3) is 0 Å². The maximum absolute atomic E-state index is 11.3. The van der Waals surface area contributed by atoms with Crippen LogP contribution in [-0.4, -0.2) is 35.3 Å². The highest BCUT2D eigenvalue weighted by atomic mass is 16.5. The molecule has 1 amide bonds. The van der Waals surface area contributed by atoms with Crippen LogP contribution in [0.4, 0.5) is 0 Å². The minimum Gasteiger partial charge on any atom is -0.465 e. The van der Waals surface area contributed by atoms with Gasteiger partial charge in [-0.15, -0.1) is 0 Å². The third kappa shape index (κ3) is 3.77. The first-order valence-electron chi connectivity index (χ1n) is 5.70.